The Morgan fingerprint density at radius 2 is 1.83 bits per heavy atom. The number of aliphatic imine (C=N–C) groups is 1. The van der Waals surface area contributed by atoms with Crippen LogP contribution >= 0.6 is 23.2 Å². The van der Waals surface area contributed by atoms with Crippen LogP contribution in [-0.4, -0.2) is 25.0 Å². The number of amides is 1. The van der Waals surface area contributed by atoms with Crippen LogP contribution < -0.4 is 15.8 Å². The van der Waals surface area contributed by atoms with Gasteiger partial charge in [-0.1, -0.05) is 55.3 Å². The highest BCUT2D eigenvalue weighted by atomic mass is 35.5. The monoisotopic (exact) mass is 371 g/mol. The number of carbonyl (C=O) groups excluding carboxylic acids is 1. The lowest BCUT2D eigenvalue weighted by Crippen LogP contribution is -2.38. The summed E-state index contributed by atoms with van der Waals surface area (Å²) >= 11 is 12.0. The molecule has 3 N–H and O–H groups in total. The van der Waals surface area contributed by atoms with Gasteiger partial charge in [0.05, 0.1) is 23.7 Å². The standard InChI is InChI=1S/C17H23Cl2N3O2/c1-24-15-13(9-11(18)10-14(15)19)16(23)22-17(20)21-12-7-5-3-2-4-6-8-12/h9-10,12H,2-8H2,1H3,(H3,20,21,22,23). The van der Waals surface area contributed by atoms with E-state index in [1.165, 1.54) is 38.5 Å². The highest BCUT2D eigenvalue weighted by Crippen LogP contribution is 2.32. The van der Waals surface area contributed by atoms with Gasteiger partial charge in [0, 0.05) is 5.02 Å². The molecule has 5 nitrogen and oxygen atoms in total. The summed E-state index contributed by atoms with van der Waals surface area (Å²) in [5, 5.41) is 3.22. The number of benzene rings is 1. The predicted octanol–water partition coefficient (Wildman–Crippen LogP) is 4.16. The van der Waals surface area contributed by atoms with Crippen molar-refractivity contribution in [2.45, 2.75) is 51.0 Å². The Bertz CT molecular complexity index is 612. The fourth-order valence-corrected chi connectivity index (χ4v) is 3.48. The molecule has 0 aliphatic heterocycles. The first-order valence-electron chi connectivity index (χ1n) is 8.19. The third-order valence-corrected chi connectivity index (χ3v) is 4.59. The summed E-state index contributed by atoms with van der Waals surface area (Å²) < 4.78 is 5.18. The molecule has 1 aliphatic carbocycles. The van der Waals surface area contributed by atoms with Crippen LogP contribution in [0.15, 0.2) is 17.1 Å². The molecule has 0 spiro atoms. The Morgan fingerprint density at radius 1 is 1.21 bits per heavy atom. The zero-order valence-corrected chi connectivity index (χ0v) is 15.3. The summed E-state index contributed by atoms with van der Waals surface area (Å²) in [6.07, 6.45) is 8.05. The fourth-order valence-electron chi connectivity index (χ4n) is 2.91. The molecule has 0 saturated heterocycles. The number of guanidine groups is 1. The average Bonchev–Trinajstić information content (AvgIpc) is 2.49. The summed E-state index contributed by atoms with van der Waals surface area (Å²) in [6, 6.07) is 3.17. The minimum absolute atomic E-state index is 0.115. The molecule has 132 valence electrons. The number of ether oxygens (including phenoxy) is 1. The Balaban J connectivity index is 2.09. The molecule has 1 amide bonds. The van der Waals surface area contributed by atoms with E-state index in [9.17, 15) is 4.79 Å². The van der Waals surface area contributed by atoms with Gasteiger partial charge in [0.2, 0.25) is 0 Å². The second kappa shape index (κ2) is 9.14. The SMILES string of the molecule is COc1c(Cl)cc(Cl)cc1C(=O)NC(N)=NC1CCCCCCC1. The summed E-state index contributed by atoms with van der Waals surface area (Å²) in [7, 11) is 1.44. The molecule has 1 aliphatic rings. The molecule has 2 rings (SSSR count). The maximum atomic E-state index is 12.4. The van der Waals surface area contributed by atoms with Gasteiger partial charge in [-0.25, -0.2) is 4.99 Å². The molecular formula is C17H23Cl2N3O2. The van der Waals surface area contributed by atoms with Gasteiger partial charge in [0.15, 0.2) is 5.96 Å². The van der Waals surface area contributed by atoms with Crippen LogP contribution in [0.2, 0.25) is 10.0 Å². The first-order valence-corrected chi connectivity index (χ1v) is 8.94. The molecule has 0 aromatic heterocycles. The number of hydrogen-bond acceptors (Lipinski definition) is 3. The van der Waals surface area contributed by atoms with Crippen molar-refractivity contribution in [1.29, 1.82) is 0 Å². The second-order valence-corrected chi connectivity index (χ2v) is 6.78. The van der Waals surface area contributed by atoms with Crippen LogP contribution in [0.25, 0.3) is 0 Å². The molecule has 1 aromatic carbocycles. The number of methoxy groups -OCH3 is 1. The van der Waals surface area contributed by atoms with E-state index in [1.807, 2.05) is 0 Å². The van der Waals surface area contributed by atoms with E-state index in [0.29, 0.717) is 5.02 Å². The lowest BCUT2D eigenvalue weighted by atomic mass is 9.97. The van der Waals surface area contributed by atoms with E-state index < -0.39 is 5.91 Å². The first-order chi connectivity index (χ1) is 11.5. The van der Waals surface area contributed by atoms with Crippen LogP contribution in [-0.2, 0) is 0 Å². The first kappa shape index (κ1) is 18.9. The number of rotatable bonds is 3. The number of halogens is 2. The smallest absolute Gasteiger partial charge is 0.261 e. The minimum Gasteiger partial charge on any atom is -0.494 e. The molecule has 0 unspecified atom stereocenters. The van der Waals surface area contributed by atoms with Gasteiger partial charge in [-0.05, 0) is 25.0 Å². The highest BCUT2D eigenvalue weighted by molar-refractivity contribution is 6.36. The van der Waals surface area contributed by atoms with E-state index in [2.05, 4.69) is 10.3 Å². The van der Waals surface area contributed by atoms with Crippen molar-refractivity contribution in [2.24, 2.45) is 10.7 Å². The van der Waals surface area contributed by atoms with Crippen molar-refractivity contribution in [3.05, 3.63) is 27.7 Å². The van der Waals surface area contributed by atoms with Crippen molar-refractivity contribution < 1.29 is 9.53 Å². The van der Waals surface area contributed by atoms with Crippen LogP contribution in [0.3, 0.4) is 0 Å². The van der Waals surface area contributed by atoms with Gasteiger partial charge in [-0.2, -0.15) is 0 Å². The van der Waals surface area contributed by atoms with Crippen LogP contribution in [0.4, 0.5) is 0 Å². The normalized spacial score (nSPS) is 17.0. The van der Waals surface area contributed by atoms with Crippen molar-refractivity contribution >= 4 is 35.1 Å². The summed E-state index contributed by atoms with van der Waals surface area (Å²) in [5.41, 5.74) is 6.14. The maximum Gasteiger partial charge on any atom is 0.261 e. The number of carbonyl (C=O) groups is 1. The minimum atomic E-state index is -0.441. The quantitative estimate of drug-likeness (QED) is 0.618. The zero-order valence-electron chi connectivity index (χ0n) is 13.8. The van der Waals surface area contributed by atoms with E-state index in [1.54, 1.807) is 0 Å². The molecule has 1 aromatic rings. The van der Waals surface area contributed by atoms with Crippen molar-refractivity contribution in [3.8, 4) is 5.75 Å². The van der Waals surface area contributed by atoms with Crippen LogP contribution in [0, 0.1) is 0 Å². The highest BCUT2D eigenvalue weighted by Gasteiger charge is 2.18. The summed E-state index contributed by atoms with van der Waals surface area (Å²) in [5.74, 6) is -0.0654. The van der Waals surface area contributed by atoms with E-state index in [0.717, 1.165) is 25.7 Å². The second-order valence-electron chi connectivity index (χ2n) is 5.94. The van der Waals surface area contributed by atoms with Gasteiger partial charge in [-0.3, -0.25) is 10.1 Å². The van der Waals surface area contributed by atoms with Gasteiger partial charge >= 0.3 is 0 Å². The molecule has 24 heavy (non-hydrogen) atoms. The van der Waals surface area contributed by atoms with Gasteiger partial charge in [0.25, 0.3) is 5.91 Å². The topological polar surface area (TPSA) is 76.7 Å². The van der Waals surface area contributed by atoms with Crippen molar-refractivity contribution in [1.82, 2.24) is 5.32 Å². The third-order valence-electron chi connectivity index (χ3n) is 4.10. The Kier molecular flexibility index (Phi) is 7.18. The lowest BCUT2D eigenvalue weighted by molar-refractivity contribution is 0.0973. The number of nitrogens with zero attached hydrogens (tertiary/aromatic N) is 1. The zero-order chi connectivity index (χ0) is 17.5. The Morgan fingerprint density at radius 3 is 2.46 bits per heavy atom. The Labute approximate surface area is 152 Å². The van der Waals surface area contributed by atoms with Gasteiger partial charge < -0.3 is 10.5 Å². The molecule has 1 fully saturated rings. The Hall–Kier alpha value is -1.46. The van der Waals surface area contributed by atoms with E-state index >= 15 is 0 Å². The molecule has 0 radical (unpaired) electrons. The molecule has 0 atom stereocenters. The van der Waals surface area contributed by atoms with E-state index in [4.69, 9.17) is 33.7 Å². The van der Waals surface area contributed by atoms with Crippen LogP contribution in [0.5, 0.6) is 5.75 Å². The number of hydrogen-bond donors (Lipinski definition) is 2. The average molecular weight is 372 g/mol. The molecule has 1 saturated carbocycles. The summed E-state index contributed by atoms with van der Waals surface area (Å²) in [6.45, 7) is 0. The van der Waals surface area contributed by atoms with Crippen molar-refractivity contribution in [2.75, 3.05) is 7.11 Å². The maximum absolute atomic E-state index is 12.4. The largest absolute Gasteiger partial charge is 0.494 e. The molecule has 0 bridgehead atoms. The third kappa shape index (κ3) is 5.28. The number of nitrogens with two attached hydrogens (primary N) is 1. The summed E-state index contributed by atoms with van der Waals surface area (Å²) in [4.78, 5) is 16.9. The number of nitrogens with one attached hydrogen (secondary N) is 1. The fraction of sp³-hybridized carbons (Fsp3) is 0.529. The van der Waals surface area contributed by atoms with Gasteiger partial charge in [0.1, 0.15) is 5.75 Å². The molecule has 7 heteroatoms. The van der Waals surface area contributed by atoms with Crippen molar-refractivity contribution in [3.63, 3.8) is 0 Å². The predicted molar refractivity (Wildman–Crippen MR) is 98.2 cm³/mol. The van der Waals surface area contributed by atoms with Gasteiger partial charge in [-0.15, -0.1) is 0 Å². The van der Waals surface area contributed by atoms with Crippen LogP contribution in [0.1, 0.15) is 55.3 Å². The molecular weight excluding hydrogens is 349 g/mol. The molecule has 0 heterocycles. The lowest BCUT2D eigenvalue weighted by Gasteiger charge is -2.17. The van der Waals surface area contributed by atoms with E-state index in [-0.39, 0.29) is 28.3 Å².